The Bertz CT molecular complexity index is 329. The van der Waals surface area contributed by atoms with Gasteiger partial charge in [0.1, 0.15) is 0 Å². The van der Waals surface area contributed by atoms with Crippen molar-refractivity contribution in [1.29, 1.82) is 0 Å². The summed E-state index contributed by atoms with van der Waals surface area (Å²) in [6.45, 7) is 15.6. The highest BCUT2D eigenvalue weighted by Crippen LogP contribution is 2.28. The van der Waals surface area contributed by atoms with Crippen LogP contribution in [0.3, 0.4) is 0 Å². The molecule has 0 atom stereocenters. The normalized spacial score (nSPS) is 15.9. The van der Waals surface area contributed by atoms with Crippen molar-refractivity contribution < 1.29 is 5.11 Å². The lowest BCUT2D eigenvalue weighted by Gasteiger charge is -2.33. The molecule has 0 fully saturated rings. The molecule has 0 amide bonds. The van der Waals surface area contributed by atoms with E-state index < -0.39 is 5.60 Å². The fourth-order valence-electron chi connectivity index (χ4n) is 0.673. The average molecular weight is 234 g/mol. The molecule has 0 radical (unpaired) electrons. The molecule has 0 saturated heterocycles. The number of hydrogen-bond donors (Lipinski definition) is 1. The van der Waals surface area contributed by atoms with Gasteiger partial charge in [-0.05, 0) is 31.8 Å². The minimum atomic E-state index is -0.562. The molecule has 96 valence electrons. The topological polar surface area (TPSA) is 20.2 Å². The van der Waals surface area contributed by atoms with Gasteiger partial charge in [0.15, 0.2) is 0 Å². The Morgan fingerprint density at radius 2 is 1.47 bits per heavy atom. The summed E-state index contributed by atoms with van der Waals surface area (Å²) in [6, 6.07) is 0. The summed E-state index contributed by atoms with van der Waals surface area (Å²) < 4.78 is 0. The van der Waals surface area contributed by atoms with Crippen LogP contribution in [0.5, 0.6) is 0 Å². The molecule has 1 N–H and O–H groups in total. The predicted molar refractivity (Wildman–Crippen MR) is 76.9 cm³/mol. The highest BCUT2D eigenvalue weighted by Gasteiger charge is 2.29. The Morgan fingerprint density at radius 3 is 1.88 bits per heavy atom. The van der Waals surface area contributed by atoms with E-state index in [2.05, 4.69) is 25.7 Å². The van der Waals surface area contributed by atoms with Crippen molar-refractivity contribution in [3.05, 3.63) is 48.1 Å². The van der Waals surface area contributed by atoms with Crippen LogP contribution in [0.1, 0.15) is 41.5 Å². The van der Waals surface area contributed by atoms with Crippen molar-refractivity contribution in [2.24, 2.45) is 5.41 Å². The molecular weight excluding hydrogens is 208 g/mol. The van der Waals surface area contributed by atoms with Crippen molar-refractivity contribution in [2.45, 2.75) is 47.1 Å². The van der Waals surface area contributed by atoms with Gasteiger partial charge in [-0.15, -0.1) is 0 Å². The van der Waals surface area contributed by atoms with Gasteiger partial charge in [0, 0.05) is 0 Å². The van der Waals surface area contributed by atoms with Crippen LogP contribution in [0.2, 0.25) is 0 Å². The van der Waals surface area contributed by atoms with Gasteiger partial charge in [0.25, 0.3) is 0 Å². The second kappa shape index (κ2) is 6.02. The molecule has 0 aromatic rings. The molecule has 0 bridgehead atoms. The predicted octanol–water partition coefficient (Wildman–Crippen LogP) is 4.42. The number of rotatable bonds is 0. The van der Waals surface area contributed by atoms with Crippen LogP contribution in [-0.2, 0) is 0 Å². The monoisotopic (exact) mass is 234 g/mol. The highest BCUT2D eigenvalue weighted by molar-refractivity contribution is 5.38. The third-order valence-electron chi connectivity index (χ3n) is 3.07. The van der Waals surface area contributed by atoms with E-state index in [1.54, 1.807) is 0 Å². The Labute approximate surface area is 106 Å². The van der Waals surface area contributed by atoms with E-state index in [9.17, 15) is 5.11 Å². The van der Waals surface area contributed by atoms with Gasteiger partial charge in [0.2, 0.25) is 0 Å². The molecule has 1 heteroatoms. The lowest BCUT2D eigenvalue weighted by molar-refractivity contribution is -0.0238. The Balaban J connectivity index is 0.000000304. The van der Waals surface area contributed by atoms with E-state index in [-0.39, 0.29) is 5.41 Å². The van der Waals surface area contributed by atoms with Gasteiger partial charge in [-0.25, -0.2) is 0 Å². The maximum absolute atomic E-state index is 9.35. The Hall–Kier alpha value is -1.08. The molecule has 1 nitrogen and oxygen atoms in total. The quantitative estimate of drug-likeness (QED) is 0.658. The number of aliphatic hydroxyl groups is 1. The molecule has 0 aliphatic heterocycles. The van der Waals surface area contributed by atoms with E-state index in [4.69, 9.17) is 0 Å². The van der Waals surface area contributed by atoms with Crippen LogP contribution in [0.4, 0.5) is 0 Å². The van der Waals surface area contributed by atoms with Crippen molar-refractivity contribution in [3.63, 3.8) is 0 Å². The van der Waals surface area contributed by atoms with Crippen LogP contribution in [0, 0.1) is 5.41 Å². The number of allylic oxidation sites excluding steroid dienone is 7. The average Bonchev–Trinajstić information content (AvgIpc) is 2.29. The molecule has 0 saturated carbocycles. The summed E-state index contributed by atoms with van der Waals surface area (Å²) in [5, 5.41) is 9.35. The summed E-state index contributed by atoms with van der Waals surface area (Å²) in [5.41, 5.74) is 1.76. The zero-order valence-electron chi connectivity index (χ0n) is 12.0. The second-order valence-corrected chi connectivity index (χ2v) is 5.99. The van der Waals surface area contributed by atoms with Crippen LogP contribution >= 0.6 is 0 Å². The largest absolute Gasteiger partial charge is 0.390 e. The van der Waals surface area contributed by atoms with Crippen molar-refractivity contribution in [1.82, 2.24) is 0 Å². The van der Waals surface area contributed by atoms with E-state index in [0.29, 0.717) is 0 Å². The van der Waals surface area contributed by atoms with Crippen LogP contribution in [-0.4, -0.2) is 10.7 Å². The zero-order valence-corrected chi connectivity index (χ0v) is 12.0. The standard InChI is InChI=1S/C9H10.C7H16O/c1-8-4-3-5-9(2)7-6-8;1-6(2,3)7(4,5)8/h3-7H,1H2,2H3;8H,1-5H3. The Morgan fingerprint density at radius 1 is 1.00 bits per heavy atom. The van der Waals surface area contributed by atoms with Gasteiger partial charge in [0.05, 0.1) is 5.60 Å². The van der Waals surface area contributed by atoms with E-state index in [1.165, 1.54) is 5.57 Å². The highest BCUT2D eigenvalue weighted by atomic mass is 16.3. The van der Waals surface area contributed by atoms with E-state index in [1.807, 2.05) is 52.8 Å². The SMILES string of the molecule is C=C1C=CC=C(C)C=C1.CC(C)(C)C(C)(C)O. The van der Waals surface area contributed by atoms with Crippen molar-refractivity contribution >= 4 is 0 Å². The summed E-state index contributed by atoms with van der Waals surface area (Å²) in [7, 11) is 0. The molecule has 0 unspecified atom stereocenters. The summed E-state index contributed by atoms with van der Waals surface area (Å²) in [6.07, 6.45) is 10.1. The molecule has 17 heavy (non-hydrogen) atoms. The molecule has 0 heterocycles. The number of hydrogen-bond acceptors (Lipinski definition) is 1. The molecule has 1 aliphatic rings. The van der Waals surface area contributed by atoms with Gasteiger partial charge < -0.3 is 5.11 Å². The van der Waals surface area contributed by atoms with Gasteiger partial charge in [-0.3, -0.25) is 0 Å². The van der Waals surface area contributed by atoms with Gasteiger partial charge >= 0.3 is 0 Å². The summed E-state index contributed by atoms with van der Waals surface area (Å²) >= 11 is 0. The molecular formula is C16H26O. The lowest BCUT2D eigenvalue weighted by Crippen LogP contribution is -2.35. The van der Waals surface area contributed by atoms with Crippen LogP contribution < -0.4 is 0 Å². The van der Waals surface area contributed by atoms with E-state index in [0.717, 1.165) is 5.57 Å². The first kappa shape index (κ1) is 15.9. The fourth-order valence-corrected chi connectivity index (χ4v) is 0.673. The minimum absolute atomic E-state index is 0.00694. The zero-order chi connectivity index (χ0) is 13.7. The van der Waals surface area contributed by atoms with Crippen LogP contribution in [0.25, 0.3) is 0 Å². The fraction of sp³-hybridized carbons (Fsp3) is 0.500. The first-order chi connectivity index (χ1) is 7.54. The van der Waals surface area contributed by atoms with Crippen molar-refractivity contribution in [2.75, 3.05) is 0 Å². The van der Waals surface area contributed by atoms with Crippen molar-refractivity contribution in [3.8, 4) is 0 Å². The molecule has 1 aliphatic carbocycles. The maximum atomic E-state index is 9.35. The van der Waals surface area contributed by atoms with Gasteiger partial charge in [-0.1, -0.05) is 63.3 Å². The van der Waals surface area contributed by atoms with Gasteiger partial charge in [-0.2, -0.15) is 0 Å². The maximum Gasteiger partial charge on any atom is 0.0639 e. The third-order valence-corrected chi connectivity index (χ3v) is 3.07. The Kier molecular flexibility index (Phi) is 5.63. The molecule has 0 aromatic carbocycles. The first-order valence-corrected chi connectivity index (χ1v) is 5.98. The summed E-state index contributed by atoms with van der Waals surface area (Å²) in [4.78, 5) is 0. The summed E-state index contributed by atoms with van der Waals surface area (Å²) in [5.74, 6) is 0. The molecule has 0 spiro atoms. The smallest absolute Gasteiger partial charge is 0.0639 e. The second-order valence-electron chi connectivity index (χ2n) is 5.99. The van der Waals surface area contributed by atoms with Crippen LogP contribution in [0.15, 0.2) is 48.1 Å². The third kappa shape index (κ3) is 6.96. The first-order valence-electron chi connectivity index (χ1n) is 5.98. The van der Waals surface area contributed by atoms with E-state index >= 15 is 0 Å². The lowest BCUT2D eigenvalue weighted by atomic mass is 9.79. The minimum Gasteiger partial charge on any atom is -0.390 e. The molecule has 0 aromatic heterocycles. The molecule has 1 rings (SSSR count).